The Morgan fingerprint density at radius 1 is 1.09 bits per heavy atom. The number of nitrogens with one attached hydrogen (secondary N) is 2. The molecule has 0 spiro atoms. The first-order chi connectivity index (χ1) is 16.6. The number of likely N-dealkylation sites (tertiary alicyclic amines) is 1. The molecular formula is C27H29N5O2. The molecule has 3 aromatic rings. The number of carbonyl (C=O) groups excluding carboxylic acids is 1. The zero-order valence-electron chi connectivity index (χ0n) is 19.5. The number of piperidine rings is 1. The maximum absolute atomic E-state index is 13.0. The molecule has 7 heteroatoms. The van der Waals surface area contributed by atoms with Gasteiger partial charge in [-0.1, -0.05) is 6.07 Å². The van der Waals surface area contributed by atoms with E-state index in [1.54, 1.807) is 6.20 Å². The molecule has 2 aromatic carbocycles. The number of pyridine rings is 1. The molecule has 34 heavy (non-hydrogen) atoms. The Morgan fingerprint density at radius 2 is 1.88 bits per heavy atom. The van der Waals surface area contributed by atoms with Crippen LogP contribution in [0.2, 0.25) is 0 Å². The highest BCUT2D eigenvalue weighted by molar-refractivity contribution is 5.99. The second-order valence-corrected chi connectivity index (χ2v) is 8.96. The molecule has 1 saturated heterocycles. The van der Waals surface area contributed by atoms with Gasteiger partial charge in [-0.25, -0.2) is 0 Å². The van der Waals surface area contributed by atoms with Gasteiger partial charge in [0.25, 0.3) is 5.91 Å². The van der Waals surface area contributed by atoms with Crippen molar-refractivity contribution in [3.05, 3.63) is 71.4 Å². The van der Waals surface area contributed by atoms with Crippen molar-refractivity contribution in [2.75, 3.05) is 32.5 Å². The second-order valence-electron chi connectivity index (χ2n) is 8.96. The van der Waals surface area contributed by atoms with Crippen LogP contribution in [0.3, 0.4) is 0 Å². The van der Waals surface area contributed by atoms with E-state index in [4.69, 9.17) is 10.1 Å². The molecule has 1 amide bonds. The van der Waals surface area contributed by atoms with Crippen LogP contribution in [0.4, 0.5) is 5.69 Å². The van der Waals surface area contributed by atoms with E-state index in [0.29, 0.717) is 24.1 Å². The summed E-state index contributed by atoms with van der Waals surface area (Å²) in [4.78, 5) is 22.0. The molecule has 5 rings (SSSR count). The second kappa shape index (κ2) is 9.27. The summed E-state index contributed by atoms with van der Waals surface area (Å²) >= 11 is 0. The Kier molecular flexibility index (Phi) is 6.02. The highest BCUT2D eigenvalue weighted by Gasteiger charge is 2.34. The van der Waals surface area contributed by atoms with Crippen LogP contribution < -0.4 is 10.1 Å². The average Bonchev–Trinajstić information content (AvgIpc) is 3.20. The highest BCUT2D eigenvalue weighted by atomic mass is 16.5. The van der Waals surface area contributed by atoms with Gasteiger partial charge < -0.3 is 25.3 Å². The molecule has 7 nitrogen and oxygen atoms in total. The number of carbonyl (C=O) groups is 1. The quantitative estimate of drug-likeness (QED) is 0.530. The van der Waals surface area contributed by atoms with Gasteiger partial charge in [0.15, 0.2) is 0 Å². The zero-order valence-corrected chi connectivity index (χ0v) is 19.5. The van der Waals surface area contributed by atoms with E-state index in [-0.39, 0.29) is 5.91 Å². The summed E-state index contributed by atoms with van der Waals surface area (Å²) in [5.41, 5.74) is 5.27. The van der Waals surface area contributed by atoms with Crippen molar-refractivity contribution in [1.29, 1.82) is 5.41 Å². The minimum Gasteiger partial charge on any atom is -0.457 e. The van der Waals surface area contributed by atoms with E-state index in [1.165, 1.54) is 6.21 Å². The standard InChI is InChI=1S/C27H29N5O2/c1-29-25-14-22(5-3-19(25)16-28)34-23-7-10-30-26(15-23)18-4-6-24-20(13-18)17-32(27(24)33)21-8-11-31(2)12-9-21/h3-7,10,13-16,21,28-29H,8-9,11-12,17H2,1-2H3. The Hall–Kier alpha value is -3.71. The minimum absolute atomic E-state index is 0.148. The molecule has 0 atom stereocenters. The molecule has 0 unspecified atom stereocenters. The molecule has 0 saturated carbocycles. The minimum atomic E-state index is 0.148. The number of hydrogen-bond donors (Lipinski definition) is 2. The first-order valence-electron chi connectivity index (χ1n) is 11.6. The molecule has 3 heterocycles. The summed E-state index contributed by atoms with van der Waals surface area (Å²) in [5, 5.41) is 10.6. The number of fused-ring (bicyclic) bond motifs is 1. The van der Waals surface area contributed by atoms with Crippen LogP contribution >= 0.6 is 0 Å². The van der Waals surface area contributed by atoms with E-state index in [1.807, 2.05) is 54.4 Å². The van der Waals surface area contributed by atoms with Gasteiger partial charge >= 0.3 is 0 Å². The number of rotatable bonds is 6. The van der Waals surface area contributed by atoms with Crippen LogP contribution in [0.15, 0.2) is 54.7 Å². The number of aromatic nitrogens is 1. The van der Waals surface area contributed by atoms with Crippen molar-refractivity contribution < 1.29 is 9.53 Å². The fourth-order valence-electron chi connectivity index (χ4n) is 4.81. The average molecular weight is 456 g/mol. The largest absolute Gasteiger partial charge is 0.457 e. The summed E-state index contributed by atoms with van der Waals surface area (Å²) in [6, 6.07) is 15.6. The van der Waals surface area contributed by atoms with Crippen molar-refractivity contribution in [2.24, 2.45) is 0 Å². The van der Waals surface area contributed by atoms with E-state index in [9.17, 15) is 4.79 Å². The first-order valence-corrected chi connectivity index (χ1v) is 11.6. The van der Waals surface area contributed by atoms with Gasteiger partial charge in [0.1, 0.15) is 11.5 Å². The Morgan fingerprint density at radius 3 is 2.65 bits per heavy atom. The number of hydrogen-bond acceptors (Lipinski definition) is 6. The van der Waals surface area contributed by atoms with E-state index in [0.717, 1.165) is 59.6 Å². The van der Waals surface area contributed by atoms with Crippen molar-refractivity contribution >= 4 is 17.8 Å². The predicted molar refractivity (Wildman–Crippen MR) is 134 cm³/mol. The molecule has 174 valence electrons. The molecule has 0 bridgehead atoms. The van der Waals surface area contributed by atoms with Crippen LogP contribution in [-0.2, 0) is 6.54 Å². The maximum Gasteiger partial charge on any atom is 0.254 e. The van der Waals surface area contributed by atoms with Gasteiger partial charge in [-0.05, 0) is 68.9 Å². The van der Waals surface area contributed by atoms with Crippen LogP contribution in [-0.4, -0.2) is 60.1 Å². The summed E-state index contributed by atoms with van der Waals surface area (Å²) in [5.74, 6) is 1.51. The van der Waals surface area contributed by atoms with E-state index >= 15 is 0 Å². The van der Waals surface area contributed by atoms with Crippen molar-refractivity contribution in [1.82, 2.24) is 14.8 Å². The highest BCUT2D eigenvalue weighted by Crippen LogP contribution is 2.33. The number of benzene rings is 2. The molecule has 2 N–H and O–H groups in total. The van der Waals surface area contributed by atoms with E-state index < -0.39 is 0 Å². The third-order valence-corrected chi connectivity index (χ3v) is 6.78. The van der Waals surface area contributed by atoms with E-state index in [2.05, 4.69) is 28.3 Å². The molecular weight excluding hydrogens is 426 g/mol. The monoisotopic (exact) mass is 455 g/mol. The van der Waals surface area contributed by atoms with Crippen LogP contribution in [0, 0.1) is 5.41 Å². The van der Waals surface area contributed by atoms with Gasteiger partial charge in [0, 0.05) is 66.6 Å². The Bertz CT molecular complexity index is 1230. The molecule has 0 radical (unpaired) electrons. The Balaban J connectivity index is 1.35. The van der Waals surface area contributed by atoms with Gasteiger partial charge in [0.05, 0.1) is 5.69 Å². The first kappa shape index (κ1) is 22.1. The summed E-state index contributed by atoms with van der Waals surface area (Å²) < 4.78 is 6.08. The van der Waals surface area contributed by atoms with Crippen LogP contribution in [0.1, 0.15) is 34.3 Å². The normalized spacial score (nSPS) is 16.4. The molecule has 1 aromatic heterocycles. The fraction of sp³-hybridized carbons (Fsp3) is 0.296. The number of anilines is 1. The van der Waals surface area contributed by atoms with Crippen molar-refractivity contribution in [2.45, 2.75) is 25.4 Å². The molecule has 2 aliphatic heterocycles. The molecule has 0 aliphatic carbocycles. The van der Waals surface area contributed by atoms with Gasteiger partial charge in [0.2, 0.25) is 0 Å². The Labute approximate surface area is 199 Å². The van der Waals surface area contributed by atoms with Gasteiger partial charge in [-0.15, -0.1) is 0 Å². The lowest BCUT2D eigenvalue weighted by molar-refractivity contribution is 0.0617. The van der Waals surface area contributed by atoms with Crippen molar-refractivity contribution in [3.63, 3.8) is 0 Å². The molecule has 2 aliphatic rings. The SMILES string of the molecule is CNc1cc(Oc2ccnc(-c3ccc4c(c3)CN(C3CCN(C)CC3)C4=O)c2)ccc1C=N. The summed E-state index contributed by atoms with van der Waals surface area (Å²) in [6.07, 6.45) is 5.10. The van der Waals surface area contributed by atoms with Gasteiger partial charge in [-0.3, -0.25) is 9.78 Å². The predicted octanol–water partition coefficient (Wildman–Crippen LogP) is 4.63. The topological polar surface area (TPSA) is 81.6 Å². The smallest absolute Gasteiger partial charge is 0.254 e. The number of ether oxygens (including phenoxy) is 1. The van der Waals surface area contributed by atoms with Crippen LogP contribution in [0.5, 0.6) is 11.5 Å². The lowest BCUT2D eigenvalue weighted by Crippen LogP contribution is -2.43. The lowest BCUT2D eigenvalue weighted by atomic mass is 10.0. The van der Waals surface area contributed by atoms with Gasteiger partial charge in [-0.2, -0.15) is 0 Å². The summed E-state index contributed by atoms with van der Waals surface area (Å²) in [6.45, 7) is 2.73. The number of amides is 1. The fourth-order valence-corrected chi connectivity index (χ4v) is 4.81. The van der Waals surface area contributed by atoms with Crippen molar-refractivity contribution in [3.8, 4) is 22.8 Å². The molecule has 1 fully saturated rings. The lowest BCUT2D eigenvalue weighted by Gasteiger charge is -2.34. The summed E-state index contributed by atoms with van der Waals surface area (Å²) in [7, 11) is 3.96. The van der Waals surface area contributed by atoms with Crippen LogP contribution in [0.25, 0.3) is 11.3 Å². The zero-order chi connectivity index (χ0) is 23.7. The third kappa shape index (κ3) is 4.26. The third-order valence-electron chi connectivity index (χ3n) is 6.78. The maximum atomic E-state index is 13.0. The number of nitrogens with zero attached hydrogens (tertiary/aromatic N) is 3.